The van der Waals surface area contributed by atoms with E-state index in [4.69, 9.17) is 0 Å². The Labute approximate surface area is 273 Å². The van der Waals surface area contributed by atoms with Gasteiger partial charge >= 0.3 is 251 Å². The van der Waals surface area contributed by atoms with Gasteiger partial charge in [0.1, 0.15) is 0 Å². The average Bonchev–Trinajstić information content (AvgIpc) is 3.28. The van der Waals surface area contributed by atoms with Gasteiger partial charge in [-0.15, -0.1) is 0 Å². The summed E-state index contributed by atoms with van der Waals surface area (Å²) in [7, 11) is 0. The first-order valence-corrected chi connectivity index (χ1v) is 23.8. The van der Waals surface area contributed by atoms with Gasteiger partial charge in [-0.2, -0.15) is 0 Å². The molecule has 2 aromatic carbocycles. The fourth-order valence-corrected chi connectivity index (χ4v) is 28.1. The molecular weight excluding hydrogens is 647 g/mol. The van der Waals surface area contributed by atoms with Crippen LogP contribution in [0.1, 0.15) is 43.7 Å². The number of hydrogen-bond acceptors (Lipinski definition) is 0. The van der Waals surface area contributed by atoms with Gasteiger partial charge in [0.05, 0.1) is 0 Å². The van der Waals surface area contributed by atoms with Crippen molar-refractivity contribution in [2.45, 2.75) is 53.0 Å². The first-order chi connectivity index (χ1) is 19.5. The fourth-order valence-electron chi connectivity index (χ4n) is 7.22. The van der Waals surface area contributed by atoms with E-state index >= 15 is 0 Å². The molecule has 0 fully saturated rings. The number of benzene rings is 2. The number of rotatable bonds is 5. The molecule has 0 radical (unpaired) electrons. The second-order valence-electron chi connectivity index (χ2n) is 12.1. The van der Waals surface area contributed by atoms with E-state index < -0.39 is 25.8 Å². The van der Waals surface area contributed by atoms with Crippen molar-refractivity contribution in [1.29, 1.82) is 0 Å². The predicted molar refractivity (Wildman–Crippen MR) is 171 cm³/mol. The minimum atomic E-state index is -2.17. The Hall–Kier alpha value is -1.96. The van der Waals surface area contributed by atoms with Crippen molar-refractivity contribution in [3.05, 3.63) is 166 Å². The van der Waals surface area contributed by atoms with Crippen molar-refractivity contribution in [3.8, 4) is 0 Å². The summed E-state index contributed by atoms with van der Waals surface area (Å²) < 4.78 is 1.28. The second kappa shape index (κ2) is 14.2. The third kappa shape index (κ3) is 6.16. The van der Waals surface area contributed by atoms with Crippen LogP contribution in [0.4, 0.5) is 0 Å². The van der Waals surface area contributed by atoms with Crippen LogP contribution in [0.5, 0.6) is 0 Å². The molecule has 0 bridgehead atoms. The maximum absolute atomic E-state index is 2.65. The molecule has 2 aromatic rings. The molecule has 0 nitrogen and oxygen atoms in total. The van der Waals surface area contributed by atoms with Gasteiger partial charge in [-0.25, -0.2) is 0 Å². The van der Waals surface area contributed by atoms with Crippen LogP contribution in [-0.4, -0.2) is 5.43 Å². The Kier molecular flexibility index (Phi) is 11.2. The number of allylic oxidation sites excluding steroid dienone is 16. The normalized spacial score (nSPS) is 23.6. The minimum Gasteiger partial charge on any atom is -1.00 e. The molecule has 0 aliphatic heterocycles. The van der Waals surface area contributed by atoms with Crippen LogP contribution in [0.25, 0.3) is 0 Å². The van der Waals surface area contributed by atoms with E-state index in [-0.39, 0.29) is 24.8 Å². The quantitative estimate of drug-likeness (QED) is 0.410. The zero-order chi connectivity index (χ0) is 27.8. The SMILES string of the molecule is CC1=CC2=C(C=CC=CC2c2ccccc2)[CH]1[Zr+2]([CH]1C(C(C)C)=CC2=C1C=CC=CC2c1ccccc1)=[Si](C)C.[Cl-].[Cl-]. The Morgan fingerprint density at radius 2 is 1.10 bits per heavy atom. The molecule has 0 saturated carbocycles. The zero-order valence-electron chi connectivity index (χ0n) is 25.2. The monoisotopic (exact) mass is 684 g/mol. The standard InChI is InChI=1S/C19H19.C17H15.C2H6Si.2ClH.Zr/c1-14(2)17-12-16-10-6-7-11-18(19(16)13-17)15-8-4-3-5-9-15;1-13-11-15-9-5-6-10-16(17(15)12-13)14-7-3-2-4-8-14;1-3-2;;;/h3-14,18H,1-2H3;2-12,16H,1H3;1-2H3;2*1H;/q;;;;;+2/p-2. The van der Waals surface area contributed by atoms with Gasteiger partial charge in [-0.05, 0) is 0 Å². The Bertz CT molecular complexity index is 1590. The Morgan fingerprint density at radius 1 is 0.619 bits per heavy atom. The van der Waals surface area contributed by atoms with Gasteiger partial charge in [0.25, 0.3) is 0 Å². The smallest absolute Gasteiger partial charge is 1.00 e. The minimum absolute atomic E-state index is 0. The molecule has 0 N–H and O–H groups in total. The van der Waals surface area contributed by atoms with Crippen molar-refractivity contribution in [1.82, 2.24) is 0 Å². The first-order valence-electron chi connectivity index (χ1n) is 14.8. The summed E-state index contributed by atoms with van der Waals surface area (Å²) in [6.07, 6.45) is 24.2. The number of hydrogen-bond donors (Lipinski definition) is 0. The molecule has 4 aliphatic rings. The van der Waals surface area contributed by atoms with Crippen LogP contribution < -0.4 is 24.8 Å². The van der Waals surface area contributed by atoms with Crippen LogP contribution >= 0.6 is 0 Å². The largest absolute Gasteiger partial charge is 1.00 e. The van der Waals surface area contributed by atoms with Crippen LogP contribution in [0, 0.1) is 5.92 Å². The van der Waals surface area contributed by atoms with Crippen LogP contribution in [0.2, 0.25) is 20.3 Å². The van der Waals surface area contributed by atoms with Crippen molar-refractivity contribution >= 4 is 5.43 Å². The maximum atomic E-state index is 2.65. The maximum Gasteiger partial charge on any atom is -1.00 e. The van der Waals surface area contributed by atoms with E-state index in [1.807, 2.05) is 0 Å². The summed E-state index contributed by atoms with van der Waals surface area (Å²) in [6.45, 7) is 12.6. The molecule has 0 heterocycles. The van der Waals surface area contributed by atoms with Crippen LogP contribution in [0.3, 0.4) is 0 Å². The molecular formula is C38H40Cl2SiZr. The summed E-state index contributed by atoms with van der Waals surface area (Å²) in [6, 6.07) is 22.3. The molecule has 4 heteroatoms. The Morgan fingerprint density at radius 3 is 1.57 bits per heavy atom. The second-order valence-corrected chi connectivity index (χ2v) is 30.0. The summed E-state index contributed by atoms with van der Waals surface area (Å²) in [5, 5.41) is 0. The van der Waals surface area contributed by atoms with E-state index in [0.717, 1.165) is 0 Å². The van der Waals surface area contributed by atoms with Crippen LogP contribution in [-0.2, 0) is 20.4 Å². The van der Waals surface area contributed by atoms with Gasteiger partial charge < -0.3 is 24.8 Å². The molecule has 4 aliphatic carbocycles. The molecule has 0 aromatic heterocycles. The van der Waals surface area contributed by atoms with Gasteiger partial charge in [0.15, 0.2) is 0 Å². The van der Waals surface area contributed by atoms with Crippen molar-refractivity contribution in [3.63, 3.8) is 0 Å². The van der Waals surface area contributed by atoms with Crippen molar-refractivity contribution in [2.24, 2.45) is 5.92 Å². The molecule has 0 saturated heterocycles. The molecule has 6 rings (SSSR count). The summed E-state index contributed by atoms with van der Waals surface area (Å²) in [5.41, 5.74) is 12.0. The summed E-state index contributed by atoms with van der Waals surface area (Å²) in [4.78, 5) is 0. The molecule has 214 valence electrons. The fraction of sp³-hybridized carbons (Fsp3) is 0.263. The van der Waals surface area contributed by atoms with Crippen molar-refractivity contribution in [2.75, 3.05) is 0 Å². The molecule has 4 atom stereocenters. The molecule has 42 heavy (non-hydrogen) atoms. The average molecular weight is 687 g/mol. The topological polar surface area (TPSA) is 0 Å². The third-order valence-corrected chi connectivity index (χ3v) is 28.6. The first kappa shape index (κ1) is 32.9. The van der Waals surface area contributed by atoms with Gasteiger partial charge in [0, 0.05) is 0 Å². The summed E-state index contributed by atoms with van der Waals surface area (Å²) >= 11 is -2.17. The zero-order valence-corrected chi connectivity index (χ0v) is 30.2. The van der Waals surface area contributed by atoms with Gasteiger partial charge in [0.2, 0.25) is 0 Å². The van der Waals surface area contributed by atoms with E-state index in [9.17, 15) is 0 Å². The van der Waals surface area contributed by atoms with Crippen molar-refractivity contribution < 1.29 is 45.2 Å². The van der Waals surface area contributed by atoms with Crippen LogP contribution in [0.15, 0.2) is 155 Å². The van der Waals surface area contributed by atoms with Gasteiger partial charge in [-0.3, -0.25) is 0 Å². The summed E-state index contributed by atoms with van der Waals surface area (Å²) in [5.74, 6) is 1.23. The van der Waals surface area contributed by atoms with E-state index in [2.05, 4.69) is 155 Å². The van der Waals surface area contributed by atoms with E-state index in [0.29, 0.717) is 25.0 Å². The molecule has 0 amide bonds. The number of halogens is 2. The van der Waals surface area contributed by atoms with E-state index in [1.165, 1.54) is 11.1 Å². The van der Waals surface area contributed by atoms with Gasteiger partial charge in [-0.1, -0.05) is 0 Å². The molecule has 0 spiro atoms. The molecule has 4 unspecified atom stereocenters. The van der Waals surface area contributed by atoms with E-state index in [1.54, 1.807) is 33.4 Å². The third-order valence-electron chi connectivity index (χ3n) is 9.02. The Balaban J connectivity index is 0.00000202. The predicted octanol–water partition coefficient (Wildman–Crippen LogP) is 4.41.